The van der Waals surface area contributed by atoms with Gasteiger partial charge in [-0.1, -0.05) is 29.8 Å². The Bertz CT molecular complexity index is 808. The van der Waals surface area contributed by atoms with Gasteiger partial charge in [-0.3, -0.25) is 4.98 Å². The fraction of sp³-hybridized carbons (Fsp3) is 0.167. The quantitative estimate of drug-likeness (QED) is 0.767. The van der Waals surface area contributed by atoms with Crippen LogP contribution in [-0.4, -0.2) is 12.1 Å². The van der Waals surface area contributed by atoms with Crippen molar-refractivity contribution >= 4 is 16.5 Å². The molecule has 3 aromatic rings. The Morgan fingerprint density at radius 1 is 0.952 bits per heavy atom. The molecule has 0 saturated heterocycles. The molecule has 106 valence electrons. The molecule has 3 rings (SSSR count). The van der Waals surface area contributed by atoms with E-state index in [1.165, 1.54) is 5.56 Å². The Hall–Kier alpha value is -2.55. The van der Waals surface area contributed by atoms with Gasteiger partial charge in [-0.2, -0.15) is 0 Å². The van der Waals surface area contributed by atoms with Gasteiger partial charge in [0.05, 0.1) is 18.5 Å². The van der Waals surface area contributed by atoms with Crippen LogP contribution in [0.5, 0.6) is 5.75 Å². The molecule has 0 radical (unpaired) electrons. The van der Waals surface area contributed by atoms with Gasteiger partial charge >= 0.3 is 0 Å². The lowest BCUT2D eigenvalue weighted by molar-refractivity contribution is 0.415. The van der Waals surface area contributed by atoms with E-state index in [4.69, 9.17) is 15.5 Å². The molecule has 0 bridgehead atoms. The zero-order valence-electron chi connectivity index (χ0n) is 12.5. The summed E-state index contributed by atoms with van der Waals surface area (Å²) in [6, 6.07) is 14.2. The first-order valence-corrected chi connectivity index (χ1v) is 6.91. The highest BCUT2D eigenvalue weighted by molar-refractivity contribution is 6.00. The number of ether oxygens (including phenoxy) is 1. The highest BCUT2D eigenvalue weighted by Gasteiger charge is 2.12. The summed E-state index contributed by atoms with van der Waals surface area (Å²) >= 11 is 0. The Morgan fingerprint density at radius 2 is 1.67 bits per heavy atom. The third kappa shape index (κ3) is 2.31. The first-order chi connectivity index (χ1) is 10.1. The fourth-order valence-corrected chi connectivity index (χ4v) is 2.53. The molecular formula is C18H18N2O. The lowest BCUT2D eigenvalue weighted by Crippen LogP contribution is -1.98. The zero-order chi connectivity index (χ0) is 15.0. The predicted octanol–water partition coefficient (Wildman–Crippen LogP) is 4.11. The Morgan fingerprint density at radius 3 is 2.33 bits per heavy atom. The molecule has 0 fully saturated rings. The van der Waals surface area contributed by atoms with E-state index in [2.05, 4.69) is 31.2 Å². The lowest BCUT2D eigenvalue weighted by Gasteiger charge is -2.12. The number of benzene rings is 2. The summed E-state index contributed by atoms with van der Waals surface area (Å²) in [7, 11) is 1.66. The second kappa shape index (κ2) is 5.09. The minimum Gasteiger partial charge on any atom is -0.497 e. The van der Waals surface area contributed by atoms with Crippen LogP contribution in [0.3, 0.4) is 0 Å². The van der Waals surface area contributed by atoms with Gasteiger partial charge in [0.2, 0.25) is 0 Å². The average Bonchev–Trinajstić information content (AvgIpc) is 2.51. The van der Waals surface area contributed by atoms with Gasteiger partial charge < -0.3 is 10.5 Å². The predicted molar refractivity (Wildman–Crippen MR) is 87.6 cm³/mol. The third-order valence-electron chi connectivity index (χ3n) is 3.77. The van der Waals surface area contributed by atoms with Crippen molar-refractivity contribution in [3.8, 4) is 17.0 Å². The number of hydrogen-bond donors (Lipinski definition) is 1. The van der Waals surface area contributed by atoms with Crippen molar-refractivity contribution in [1.82, 2.24) is 4.98 Å². The van der Waals surface area contributed by atoms with Crippen LogP contribution in [0.4, 0.5) is 5.69 Å². The minimum absolute atomic E-state index is 0.710. The summed E-state index contributed by atoms with van der Waals surface area (Å²) in [6.07, 6.45) is 0. The summed E-state index contributed by atoms with van der Waals surface area (Å²) in [5.74, 6) is 0.815. The van der Waals surface area contributed by atoms with Gasteiger partial charge in [0, 0.05) is 22.0 Å². The van der Waals surface area contributed by atoms with E-state index in [-0.39, 0.29) is 0 Å². The number of anilines is 1. The molecule has 3 heteroatoms. The molecule has 0 aliphatic carbocycles. The summed E-state index contributed by atoms with van der Waals surface area (Å²) < 4.78 is 5.28. The molecular weight excluding hydrogens is 260 g/mol. The van der Waals surface area contributed by atoms with E-state index in [1.54, 1.807) is 7.11 Å². The largest absolute Gasteiger partial charge is 0.497 e. The number of nitrogen functional groups attached to an aromatic ring is 1. The number of rotatable bonds is 2. The number of pyridine rings is 1. The molecule has 0 aliphatic rings. The van der Waals surface area contributed by atoms with Crippen LogP contribution in [-0.2, 0) is 0 Å². The van der Waals surface area contributed by atoms with Gasteiger partial charge in [0.15, 0.2) is 0 Å². The van der Waals surface area contributed by atoms with Crippen molar-refractivity contribution in [2.24, 2.45) is 0 Å². The van der Waals surface area contributed by atoms with Crippen molar-refractivity contribution in [3.05, 3.63) is 53.7 Å². The van der Waals surface area contributed by atoms with Gasteiger partial charge in [0.25, 0.3) is 0 Å². The zero-order valence-corrected chi connectivity index (χ0v) is 12.5. The molecule has 1 aromatic heterocycles. The van der Waals surface area contributed by atoms with Crippen molar-refractivity contribution < 1.29 is 4.74 Å². The number of methoxy groups -OCH3 is 1. The standard InChI is InChI=1S/C18H18N2O/c1-11-4-6-13(7-5-11)18-17(19)15-9-8-14(21-3)10-16(15)12(2)20-18/h4-10H,19H2,1-3H3. The minimum atomic E-state index is 0.710. The van der Waals surface area contributed by atoms with E-state index in [0.29, 0.717) is 5.69 Å². The van der Waals surface area contributed by atoms with Crippen molar-refractivity contribution in [3.63, 3.8) is 0 Å². The normalized spacial score (nSPS) is 10.8. The lowest BCUT2D eigenvalue weighted by atomic mass is 10.0. The maximum absolute atomic E-state index is 6.35. The fourth-order valence-electron chi connectivity index (χ4n) is 2.53. The topological polar surface area (TPSA) is 48.1 Å². The molecule has 0 spiro atoms. The highest BCUT2D eigenvalue weighted by Crippen LogP contribution is 2.34. The van der Waals surface area contributed by atoms with Gasteiger partial charge in [-0.15, -0.1) is 0 Å². The average molecular weight is 278 g/mol. The second-order valence-electron chi connectivity index (χ2n) is 5.24. The molecule has 0 atom stereocenters. The monoisotopic (exact) mass is 278 g/mol. The first-order valence-electron chi connectivity index (χ1n) is 6.91. The molecule has 0 saturated carbocycles. The number of nitrogens with zero attached hydrogens (tertiary/aromatic N) is 1. The molecule has 2 N–H and O–H groups in total. The number of hydrogen-bond acceptors (Lipinski definition) is 3. The number of aromatic nitrogens is 1. The third-order valence-corrected chi connectivity index (χ3v) is 3.77. The smallest absolute Gasteiger partial charge is 0.119 e. The van der Waals surface area contributed by atoms with E-state index < -0.39 is 0 Å². The van der Waals surface area contributed by atoms with Gasteiger partial charge in [0.1, 0.15) is 5.75 Å². The van der Waals surface area contributed by atoms with Crippen LogP contribution in [0.15, 0.2) is 42.5 Å². The Balaban J connectivity index is 2.26. The molecule has 0 amide bonds. The Labute approximate surface area is 124 Å². The van der Waals surface area contributed by atoms with E-state index in [1.807, 2.05) is 25.1 Å². The van der Waals surface area contributed by atoms with Gasteiger partial charge in [-0.25, -0.2) is 0 Å². The number of nitrogens with two attached hydrogens (primary N) is 1. The molecule has 1 heterocycles. The summed E-state index contributed by atoms with van der Waals surface area (Å²) in [5, 5.41) is 2.04. The van der Waals surface area contributed by atoms with Crippen LogP contribution >= 0.6 is 0 Å². The SMILES string of the molecule is COc1ccc2c(N)c(-c3ccc(C)cc3)nc(C)c2c1. The molecule has 3 nitrogen and oxygen atoms in total. The van der Waals surface area contributed by atoms with Gasteiger partial charge in [-0.05, 0) is 32.0 Å². The number of aryl methyl sites for hydroxylation is 2. The van der Waals surface area contributed by atoms with E-state index in [9.17, 15) is 0 Å². The van der Waals surface area contributed by atoms with E-state index >= 15 is 0 Å². The first kappa shape index (κ1) is 13.4. The number of fused-ring (bicyclic) bond motifs is 1. The second-order valence-corrected chi connectivity index (χ2v) is 5.24. The van der Waals surface area contributed by atoms with E-state index in [0.717, 1.165) is 33.5 Å². The van der Waals surface area contributed by atoms with Crippen LogP contribution in [0.2, 0.25) is 0 Å². The van der Waals surface area contributed by atoms with Crippen LogP contribution < -0.4 is 10.5 Å². The Kier molecular flexibility index (Phi) is 3.26. The van der Waals surface area contributed by atoms with Crippen molar-refractivity contribution in [2.45, 2.75) is 13.8 Å². The van der Waals surface area contributed by atoms with Crippen LogP contribution in [0, 0.1) is 13.8 Å². The van der Waals surface area contributed by atoms with Crippen molar-refractivity contribution in [1.29, 1.82) is 0 Å². The summed E-state index contributed by atoms with van der Waals surface area (Å²) in [4.78, 5) is 4.70. The summed E-state index contributed by atoms with van der Waals surface area (Å²) in [5.41, 5.74) is 11.1. The van der Waals surface area contributed by atoms with Crippen LogP contribution in [0.1, 0.15) is 11.3 Å². The maximum atomic E-state index is 6.35. The maximum Gasteiger partial charge on any atom is 0.119 e. The van der Waals surface area contributed by atoms with Crippen LogP contribution in [0.25, 0.3) is 22.0 Å². The molecule has 0 unspecified atom stereocenters. The van der Waals surface area contributed by atoms with Crippen molar-refractivity contribution in [2.75, 3.05) is 12.8 Å². The highest BCUT2D eigenvalue weighted by atomic mass is 16.5. The summed E-state index contributed by atoms with van der Waals surface area (Å²) in [6.45, 7) is 4.07. The molecule has 21 heavy (non-hydrogen) atoms. The molecule has 0 aliphatic heterocycles. The molecule has 2 aromatic carbocycles.